The van der Waals surface area contributed by atoms with Crippen LogP contribution in [0.5, 0.6) is 0 Å². The van der Waals surface area contributed by atoms with E-state index in [0.717, 1.165) is 44.9 Å². The minimum Gasteiger partial charge on any atom is -0.394 e. The summed E-state index contributed by atoms with van der Waals surface area (Å²) in [6.07, 6.45) is 29.3. The van der Waals surface area contributed by atoms with Gasteiger partial charge in [-0.15, -0.1) is 0 Å². The number of nitrogens with one attached hydrogen (secondary N) is 1. The van der Waals surface area contributed by atoms with Gasteiger partial charge in [0, 0.05) is 19.4 Å². The molecule has 49 heavy (non-hydrogen) atoms. The van der Waals surface area contributed by atoms with Crippen molar-refractivity contribution >= 4 is 11.8 Å². The van der Waals surface area contributed by atoms with Crippen molar-refractivity contribution in [2.45, 2.75) is 224 Å². The Bertz CT molecular complexity index is 802. The molecular formula is C40H79N3O6. The van der Waals surface area contributed by atoms with Gasteiger partial charge in [0.15, 0.2) is 0 Å². The van der Waals surface area contributed by atoms with Crippen LogP contribution in [-0.2, 0) is 14.3 Å². The summed E-state index contributed by atoms with van der Waals surface area (Å²) in [6, 6.07) is 0. The van der Waals surface area contributed by atoms with Crippen LogP contribution in [0.3, 0.4) is 0 Å². The number of nitrogens with zero attached hydrogens (tertiary/aromatic N) is 1. The number of hydrogen-bond donors (Lipinski definition) is 5. The molecule has 0 aromatic rings. The molecule has 1 fully saturated rings. The second-order valence-electron chi connectivity index (χ2n) is 14.8. The lowest BCUT2D eigenvalue weighted by atomic mass is 9.96. The average molecular weight is 698 g/mol. The number of carbonyl (C=O) groups is 2. The van der Waals surface area contributed by atoms with Crippen LogP contribution in [0.25, 0.3) is 0 Å². The Kier molecular flexibility index (Phi) is 28.4. The van der Waals surface area contributed by atoms with Gasteiger partial charge in [-0.3, -0.25) is 14.5 Å². The molecule has 0 aromatic carbocycles. The molecule has 0 bridgehead atoms. The minimum absolute atomic E-state index is 0.157. The first-order valence-corrected chi connectivity index (χ1v) is 20.8. The van der Waals surface area contributed by atoms with Gasteiger partial charge in [0.05, 0.1) is 19.3 Å². The van der Waals surface area contributed by atoms with Crippen molar-refractivity contribution < 1.29 is 29.6 Å². The number of amides is 2. The van der Waals surface area contributed by atoms with Crippen molar-refractivity contribution in [1.82, 2.24) is 10.2 Å². The van der Waals surface area contributed by atoms with E-state index in [4.69, 9.17) is 10.5 Å². The van der Waals surface area contributed by atoms with Gasteiger partial charge < -0.3 is 31.1 Å². The zero-order valence-corrected chi connectivity index (χ0v) is 32.0. The van der Waals surface area contributed by atoms with E-state index in [1.54, 1.807) is 4.90 Å². The van der Waals surface area contributed by atoms with Crippen LogP contribution in [0.1, 0.15) is 200 Å². The summed E-state index contributed by atoms with van der Waals surface area (Å²) in [6.45, 7) is 3.98. The van der Waals surface area contributed by atoms with Crippen molar-refractivity contribution in [3.05, 3.63) is 0 Å². The molecule has 9 heteroatoms. The molecule has 2 amide bonds. The summed E-state index contributed by atoms with van der Waals surface area (Å²) in [4.78, 5) is 28.0. The summed E-state index contributed by atoms with van der Waals surface area (Å²) in [7, 11) is 0. The maximum atomic E-state index is 13.8. The van der Waals surface area contributed by atoms with Crippen LogP contribution >= 0.6 is 0 Å². The lowest BCUT2D eigenvalue weighted by Crippen LogP contribution is -2.71. The summed E-state index contributed by atoms with van der Waals surface area (Å²) in [5, 5.41) is 33.9. The number of hydrogen-bond acceptors (Lipinski definition) is 7. The van der Waals surface area contributed by atoms with Crippen molar-refractivity contribution in [3.63, 3.8) is 0 Å². The van der Waals surface area contributed by atoms with Gasteiger partial charge in [-0.1, -0.05) is 174 Å². The lowest BCUT2D eigenvalue weighted by molar-refractivity contribution is -0.280. The summed E-state index contributed by atoms with van der Waals surface area (Å²) in [5.41, 5.74) is 5.64. The third-order valence-corrected chi connectivity index (χ3v) is 10.3. The van der Waals surface area contributed by atoms with E-state index >= 15 is 0 Å². The SMILES string of the molecule is CCCCCCCCCCCCCCCCCC(=O)N(CCCCCCCCCCCCCC)[C@@]1(NC(=O)CN)C[C@@H](O)[C@H](O)[C@@H](CO)O1. The number of ether oxygens (including phenoxy) is 1. The zero-order valence-electron chi connectivity index (χ0n) is 32.0. The van der Waals surface area contributed by atoms with E-state index in [1.807, 2.05) is 0 Å². The second-order valence-corrected chi connectivity index (χ2v) is 14.8. The Hall–Kier alpha value is -1.26. The molecule has 0 radical (unpaired) electrons. The molecule has 1 aliphatic rings. The van der Waals surface area contributed by atoms with E-state index in [2.05, 4.69) is 19.2 Å². The fraction of sp³-hybridized carbons (Fsp3) is 0.950. The molecule has 0 aliphatic carbocycles. The van der Waals surface area contributed by atoms with Crippen LogP contribution in [0.4, 0.5) is 0 Å². The normalized spacial score (nSPS) is 20.8. The highest BCUT2D eigenvalue weighted by Gasteiger charge is 2.51. The van der Waals surface area contributed by atoms with Gasteiger partial charge in [0.2, 0.25) is 17.7 Å². The summed E-state index contributed by atoms with van der Waals surface area (Å²) in [5.74, 6) is -2.36. The molecule has 1 heterocycles. The van der Waals surface area contributed by atoms with Gasteiger partial charge >= 0.3 is 0 Å². The third kappa shape index (κ3) is 21.0. The number of unbranched alkanes of at least 4 members (excludes halogenated alkanes) is 25. The van der Waals surface area contributed by atoms with E-state index in [-0.39, 0.29) is 18.9 Å². The van der Waals surface area contributed by atoms with Gasteiger partial charge in [0.25, 0.3) is 0 Å². The van der Waals surface area contributed by atoms with Crippen LogP contribution in [0.2, 0.25) is 0 Å². The van der Waals surface area contributed by atoms with Gasteiger partial charge in [0.1, 0.15) is 12.2 Å². The predicted octanol–water partition coefficient (Wildman–Crippen LogP) is 8.01. The molecule has 9 nitrogen and oxygen atoms in total. The first-order chi connectivity index (χ1) is 23.8. The highest BCUT2D eigenvalue weighted by Crippen LogP contribution is 2.32. The molecule has 0 saturated carbocycles. The Morgan fingerprint density at radius 1 is 0.673 bits per heavy atom. The molecular weight excluding hydrogens is 618 g/mol. The van der Waals surface area contributed by atoms with E-state index in [1.165, 1.54) is 128 Å². The minimum atomic E-state index is -1.67. The monoisotopic (exact) mass is 698 g/mol. The lowest BCUT2D eigenvalue weighted by Gasteiger charge is -2.50. The van der Waals surface area contributed by atoms with Gasteiger partial charge in [-0.2, -0.15) is 0 Å². The fourth-order valence-electron chi connectivity index (χ4n) is 7.16. The Labute approximate surface area is 300 Å². The highest BCUT2D eigenvalue weighted by atomic mass is 16.6. The Balaban J connectivity index is 2.58. The molecule has 6 N–H and O–H groups in total. The Morgan fingerprint density at radius 3 is 1.45 bits per heavy atom. The maximum Gasteiger partial charge on any atom is 0.237 e. The van der Waals surface area contributed by atoms with Crippen molar-refractivity contribution in [2.75, 3.05) is 19.7 Å². The van der Waals surface area contributed by atoms with E-state index in [9.17, 15) is 24.9 Å². The second kappa shape index (κ2) is 30.4. The number of nitrogens with two attached hydrogens (primary N) is 1. The van der Waals surface area contributed by atoms with E-state index in [0.29, 0.717) is 13.0 Å². The summed E-state index contributed by atoms with van der Waals surface area (Å²) >= 11 is 0. The van der Waals surface area contributed by atoms with E-state index < -0.39 is 36.7 Å². The smallest absolute Gasteiger partial charge is 0.237 e. The number of rotatable bonds is 33. The molecule has 0 unspecified atom stereocenters. The van der Waals surface area contributed by atoms with Crippen LogP contribution in [0.15, 0.2) is 0 Å². The molecule has 290 valence electrons. The third-order valence-electron chi connectivity index (χ3n) is 10.3. The zero-order chi connectivity index (χ0) is 36.0. The average Bonchev–Trinajstić information content (AvgIpc) is 3.09. The van der Waals surface area contributed by atoms with Crippen LogP contribution in [-0.4, -0.2) is 75.9 Å². The maximum absolute atomic E-state index is 13.8. The quantitative estimate of drug-likeness (QED) is 0.0345. The molecule has 1 aliphatic heterocycles. The number of aliphatic hydroxyl groups excluding tert-OH is 3. The molecule has 1 saturated heterocycles. The number of aliphatic hydroxyl groups is 3. The first-order valence-electron chi connectivity index (χ1n) is 20.8. The largest absolute Gasteiger partial charge is 0.394 e. The highest BCUT2D eigenvalue weighted by molar-refractivity contribution is 5.81. The molecule has 1 rings (SSSR count). The topological polar surface area (TPSA) is 145 Å². The van der Waals surface area contributed by atoms with Gasteiger partial charge in [-0.25, -0.2) is 0 Å². The number of carbonyl (C=O) groups excluding carboxylic acids is 2. The first kappa shape index (κ1) is 45.8. The van der Waals surface area contributed by atoms with Gasteiger partial charge in [-0.05, 0) is 12.8 Å². The summed E-state index contributed by atoms with van der Waals surface area (Å²) < 4.78 is 6.11. The predicted molar refractivity (Wildman–Crippen MR) is 201 cm³/mol. The standard InChI is InChI=1S/C40H79N3O6/c1-3-5-7-9-11-13-15-17-18-19-20-22-24-26-28-30-38(47)43(31-29-27-25-23-21-16-14-12-10-8-6-4-2)40(42-37(46)33-41)32-35(45)39(48)36(34-44)49-40/h35-36,39,44-45,48H,3-34,41H2,1-2H3,(H,42,46)/t35-,36-,39+,40+/m1/s1. The van der Waals surface area contributed by atoms with Crippen molar-refractivity contribution in [1.29, 1.82) is 0 Å². The van der Waals surface area contributed by atoms with Crippen LogP contribution < -0.4 is 11.1 Å². The van der Waals surface area contributed by atoms with Crippen molar-refractivity contribution in [2.24, 2.45) is 5.73 Å². The molecule has 0 aromatic heterocycles. The van der Waals surface area contributed by atoms with Crippen molar-refractivity contribution in [3.8, 4) is 0 Å². The fourth-order valence-corrected chi connectivity index (χ4v) is 7.16. The Morgan fingerprint density at radius 2 is 1.06 bits per heavy atom. The molecule has 0 spiro atoms. The molecule has 4 atom stereocenters. The van der Waals surface area contributed by atoms with Crippen LogP contribution in [0, 0.1) is 0 Å².